The second-order valence-corrected chi connectivity index (χ2v) is 3.34. The molecule has 0 aliphatic carbocycles. The maximum absolute atomic E-state index is 10.4. The fraction of sp³-hybridized carbons (Fsp3) is 0.125. The molecule has 0 atom stereocenters. The molecule has 0 saturated carbocycles. The normalized spacial score (nSPS) is 11.3. The standard InChI is InChI=1S/C8H9NO3S/c1-12-7-3-2-5(13-7)4-6(9)8(10)11/h2-4H,9H2,1H3,(H,10,11)/b6-4+. The Balaban J connectivity index is 2.84. The third-order valence-electron chi connectivity index (χ3n) is 1.35. The molecule has 13 heavy (non-hydrogen) atoms. The highest BCUT2D eigenvalue weighted by molar-refractivity contribution is 7.14. The molecule has 4 nitrogen and oxygen atoms in total. The quantitative estimate of drug-likeness (QED) is 0.716. The van der Waals surface area contributed by atoms with E-state index >= 15 is 0 Å². The lowest BCUT2D eigenvalue weighted by molar-refractivity contribution is -0.132. The Bertz CT molecular complexity index is 343. The van der Waals surface area contributed by atoms with E-state index in [0.29, 0.717) is 0 Å². The number of nitrogens with two attached hydrogens (primary N) is 1. The molecule has 1 aromatic heterocycles. The summed E-state index contributed by atoms with van der Waals surface area (Å²) in [5.74, 6) is -1.12. The van der Waals surface area contributed by atoms with Crippen molar-refractivity contribution in [1.82, 2.24) is 0 Å². The molecule has 0 saturated heterocycles. The van der Waals surface area contributed by atoms with E-state index in [4.69, 9.17) is 15.6 Å². The zero-order valence-electron chi connectivity index (χ0n) is 6.98. The Morgan fingerprint density at radius 2 is 2.38 bits per heavy atom. The first-order valence-corrected chi connectivity index (χ1v) is 4.29. The second kappa shape index (κ2) is 3.95. The van der Waals surface area contributed by atoms with Crippen molar-refractivity contribution in [3.05, 3.63) is 22.7 Å². The van der Waals surface area contributed by atoms with Crippen LogP contribution in [0.4, 0.5) is 0 Å². The van der Waals surface area contributed by atoms with Gasteiger partial charge in [-0.15, -0.1) is 0 Å². The topological polar surface area (TPSA) is 72.5 Å². The number of methoxy groups -OCH3 is 1. The Labute approximate surface area is 79.3 Å². The molecule has 70 valence electrons. The molecule has 1 aromatic rings. The summed E-state index contributed by atoms with van der Waals surface area (Å²) in [5.41, 5.74) is 5.05. The minimum absolute atomic E-state index is 0.176. The molecule has 0 aliphatic heterocycles. The minimum atomic E-state index is -1.12. The third-order valence-corrected chi connectivity index (χ3v) is 2.34. The van der Waals surface area contributed by atoms with Crippen LogP contribution in [0.5, 0.6) is 5.06 Å². The van der Waals surface area contributed by atoms with Gasteiger partial charge in [0.2, 0.25) is 0 Å². The van der Waals surface area contributed by atoms with E-state index in [2.05, 4.69) is 0 Å². The van der Waals surface area contributed by atoms with Gasteiger partial charge in [-0.3, -0.25) is 0 Å². The maximum Gasteiger partial charge on any atom is 0.351 e. The monoisotopic (exact) mass is 199 g/mol. The van der Waals surface area contributed by atoms with Gasteiger partial charge in [0.25, 0.3) is 0 Å². The van der Waals surface area contributed by atoms with E-state index in [0.717, 1.165) is 9.94 Å². The molecule has 1 rings (SSSR count). The van der Waals surface area contributed by atoms with Gasteiger partial charge in [-0.2, -0.15) is 0 Å². The number of ether oxygens (including phenoxy) is 1. The van der Waals surface area contributed by atoms with Crippen molar-refractivity contribution in [1.29, 1.82) is 0 Å². The number of aliphatic carboxylic acids is 1. The number of hydrogen-bond donors (Lipinski definition) is 2. The molecule has 5 heteroatoms. The van der Waals surface area contributed by atoms with Crippen molar-refractivity contribution < 1.29 is 14.6 Å². The first kappa shape index (κ1) is 9.60. The predicted molar refractivity (Wildman–Crippen MR) is 50.7 cm³/mol. The van der Waals surface area contributed by atoms with Crippen LogP contribution in [0.2, 0.25) is 0 Å². The van der Waals surface area contributed by atoms with E-state index in [9.17, 15) is 4.79 Å². The number of carbonyl (C=O) groups is 1. The molecular weight excluding hydrogens is 190 g/mol. The highest BCUT2D eigenvalue weighted by Gasteiger charge is 2.02. The van der Waals surface area contributed by atoms with Crippen LogP contribution in [0.25, 0.3) is 6.08 Å². The zero-order chi connectivity index (χ0) is 9.84. The van der Waals surface area contributed by atoms with Crippen LogP contribution in [0.15, 0.2) is 17.8 Å². The summed E-state index contributed by atoms with van der Waals surface area (Å²) in [5, 5.41) is 9.21. The molecule has 1 heterocycles. The Kier molecular flexibility index (Phi) is 2.92. The molecule has 0 spiro atoms. The zero-order valence-corrected chi connectivity index (χ0v) is 7.80. The largest absolute Gasteiger partial charge is 0.487 e. The lowest BCUT2D eigenvalue weighted by Crippen LogP contribution is -2.08. The predicted octanol–water partition coefficient (Wildman–Crippen LogP) is 1.14. The van der Waals surface area contributed by atoms with Crippen LogP contribution in [0.3, 0.4) is 0 Å². The van der Waals surface area contributed by atoms with Gasteiger partial charge in [0.05, 0.1) is 7.11 Å². The van der Waals surface area contributed by atoms with Gasteiger partial charge >= 0.3 is 5.97 Å². The van der Waals surface area contributed by atoms with E-state index in [1.165, 1.54) is 17.4 Å². The van der Waals surface area contributed by atoms with Crippen LogP contribution in [0.1, 0.15) is 4.88 Å². The van der Waals surface area contributed by atoms with Crippen molar-refractivity contribution in [3.63, 3.8) is 0 Å². The average molecular weight is 199 g/mol. The Morgan fingerprint density at radius 1 is 1.69 bits per heavy atom. The van der Waals surface area contributed by atoms with Crippen LogP contribution in [-0.2, 0) is 4.79 Å². The van der Waals surface area contributed by atoms with E-state index in [1.807, 2.05) is 0 Å². The minimum Gasteiger partial charge on any atom is -0.487 e. The van der Waals surface area contributed by atoms with E-state index in [1.54, 1.807) is 19.2 Å². The van der Waals surface area contributed by atoms with Gasteiger partial charge in [-0.25, -0.2) is 4.79 Å². The summed E-state index contributed by atoms with van der Waals surface area (Å²) in [6.45, 7) is 0. The lowest BCUT2D eigenvalue weighted by Gasteiger charge is -1.91. The molecule has 0 aromatic carbocycles. The van der Waals surface area contributed by atoms with Crippen molar-refractivity contribution in [2.75, 3.05) is 7.11 Å². The van der Waals surface area contributed by atoms with Crippen molar-refractivity contribution >= 4 is 23.4 Å². The molecular formula is C8H9NO3S. The molecule has 0 radical (unpaired) electrons. The van der Waals surface area contributed by atoms with Crippen LogP contribution < -0.4 is 10.5 Å². The van der Waals surface area contributed by atoms with E-state index in [-0.39, 0.29) is 5.70 Å². The fourth-order valence-corrected chi connectivity index (χ4v) is 1.51. The SMILES string of the molecule is COc1ccc(/C=C(/N)C(=O)O)s1. The van der Waals surface area contributed by atoms with Crippen LogP contribution in [-0.4, -0.2) is 18.2 Å². The molecule has 0 amide bonds. The second-order valence-electron chi connectivity index (χ2n) is 2.27. The summed E-state index contributed by atoms with van der Waals surface area (Å²) in [7, 11) is 1.56. The highest BCUT2D eigenvalue weighted by atomic mass is 32.1. The van der Waals surface area contributed by atoms with Gasteiger partial charge in [0.1, 0.15) is 5.70 Å². The number of rotatable bonds is 3. The lowest BCUT2D eigenvalue weighted by atomic mass is 10.3. The fourth-order valence-electron chi connectivity index (χ4n) is 0.737. The number of thiophene rings is 1. The Morgan fingerprint density at radius 3 is 2.85 bits per heavy atom. The summed E-state index contributed by atoms with van der Waals surface area (Å²) in [6.07, 6.45) is 1.40. The number of hydrogen-bond acceptors (Lipinski definition) is 4. The van der Waals surface area contributed by atoms with Gasteiger partial charge in [0.15, 0.2) is 5.06 Å². The molecule has 0 unspecified atom stereocenters. The van der Waals surface area contributed by atoms with Gasteiger partial charge in [-0.05, 0) is 18.2 Å². The maximum atomic E-state index is 10.4. The Hall–Kier alpha value is -1.49. The number of carboxylic acid groups (broad SMARTS) is 1. The average Bonchev–Trinajstić information content (AvgIpc) is 2.52. The molecule has 0 fully saturated rings. The van der Waals surface area contributed by atoms with Crippen molar-refractivity contribution in [2.45, 2.75) is 0 Å². The van der Waals surface area contributed by atoms with Gasteiger partial charge in [-0.1, -0.05) is 11.3 Å². The van der Waals surface area contributed by atoms with Gasteiger partial charge < -0.3 is 15.6 Å². The molecule has 0 aliphatic rings. The van der Waals surface area contributed by atoms with E-state index < -0.39 is 5.97 Å². The van der Waals surface area contributed by atoms with Crippen molar-refractivity contribution in [2.24, 2.45) is 5.73 Å². The first-order valence-electron chi connectivity index (χ1n) is 3.48. The first-order chi connectivity index (χ1) is 6.13. The van der Waals surface area contributed by atoms with Crippen LogP contribution in [0, 0.1) is 0 Å². The molecule has 3 N–H and O–H groups in total. The summed E-state index contributed by atoms with van der Waals surface area (Å²) < 4.78 is 4.94. The summed E-state index contributed by atoms with van der Waals surface area (Å²) >= 11 is 1.34. The third kappa shape index (κ3) is 2.48. The van der Waals surface area contributed by atoms with Crippen molar-refractivity contribution in [3.8, 4) is 5.06 Å². The summed E-state index contributed by atoms with van der Waals surface area (Å²) in [4.78, 5) is 11.1. The highest BCUT2D eigenvalue weighted by Crippen LogP contribution is 2.25. The summed E-state index contributed by atoms with van der Waals surface area (Å²) in [6, 6.07) is 3.50. The number of carboxylic acids is 1. The van der Waals surface area contributed by atoms with Gasteiger partial charge in [0, 0.05) is 4.88 Å². The van der Waals surface area contributed by atoms with Crippen LogP contribution >= 0.6 is 11.3 Å². The molecule has 0 bridgehead atoms. The smallest absolute Gasteiger partial charge is 0.351 e.